The van der Waals surface area contributed by atoms with Gasteiger partial charge in [0.25, 0.3) is 0 Å². The molecule has 0 rings (SSSR count). The van der Waals surface area contributed by atoms with Gasteiger partial charge in [-0.2, -0.15) is 0 Å². The predicted octanol–water partition coefficient (Wildman–Crippen LogP) is 0.298. The Kier molecular flexibility index (Phi) is 3.67. The normalized spacial score (nSPS) is 14.8. The second kappa shape index (κ2) is 4.04. The molecular formula is C9H13O3-. The number of carbonyl (C=O) groups excluding carboxylic acids is 2. The van der Waals surface area contributed by atoms with Crippen LogP contribution in [0.3, 0.4) is 0 Å². The number of carboxylic acid groups (broad SMARTS) is 1. The number of carboxylic acids is 1. The lowest BCUT2D eigenvalue weighted by atomic mass is 9.78. The topological polar surface area (TPSA) is 57.2 Å². The maximum absolute atomic E-state index is 11.1. The second-order valence-electron chi connectivity index (χ2n) is 2.77. The van der Waals surface area contributed by atoms with E-state index < -0.39 is 11.4 Å². The van der Waals surface area contributed by atoms with Gasteiger partial charge in [-0.1, -0.05) is 13.0 Å². The van der Waals surface area contributed by atoms with Gasteiger partial charge in [-0.25, -0.2) is 0 Å². The summed E-state index contributed by atoms with van der Waals surface area (Å²) in [6, 6.07) is 0. The van der Waals surface area contributed by atoms with E-state index in [1.165, 1.54) is 13.0 Å². The summed E-state index contributed by atoms with van der Waals surface area (Å²) in [5, 5.41) is 10.7. The number of carbonyl (C=O) groups is 2. The molecule has 0 amide bonds. The van der Waals surface area contributed by atoms with Gasteiger partial charge in [0.15, 0.2) is 0 Å². The monoisotopic (exact) mass is 169 g/mol. The quantitative estimate of drug-likeness (QED) is 0.439. The summed E-state index contributed by atoms with van der Waals surface area (Å²) in [5.41, 5.74) is -1.36. The van der Waals surface area contributed by atoms with Crippen LogP contribution in [0.4, 0.5) is 0 Å². The van der Waals surface area contributed by atoms with Crippen molar-refractivity contribution in [1.29, 1.82) is 0 Å². The number of rotatable bonds is 5. The minimum atomic E-state index is -1.36. The van der Waals surface area contributed by atoms with Gasteiger partial charge >= 0.3 is 0 Å². The highest BCUT2D eigenvalue weighted by Gasteiger charge is 2.33. The molecule has 0 aromatic rings. The van der Waals surface area contributed by atoms with Crippen LogP contribution in [0.15, 0.2) is 12.7 Å². The summed E-state index contributed by atoms with van der Waals surface area (Å²) in [7, 11) is 0. The van der Waals surface area contributed by atoms with E-state index >= 15 is 0 Å². The van der Waals surface area contributed by atoms with E-state index in [4.69, 9.17) is 0 Å². The Balaban J connectivity index is 4.88. The van der Waals surface area contributed by atoms with Crippen molar-refractivity contribution in [2.75, 3.05) is 0 Å². The lowest BCUT2D eigenvalue weighted by Gasteiger charge is -2.29. The van der Waals surface area contributed by atoms with Crippen molar-refractivity contribution in [3.63, 3.8) is 0 Å². The molecular weight excluding hydrogens is 156 g/mol. The molecule has 0 aromatic carbocycles. The molecule has 0 aromatic heterocycles. The number of allylic oxidation sites excluding steroid dienone is 1. The third-order valence-corrected chi connectivity index (χ3v) is 2.16. The summed E-state index contributed by atoms with van der Waals surface area (Å²) in [6.07, 6.45) is 1.82. The average molecular weight is 169 g/mol. The van der Waals surface area contributed by atoms with Crippen LogP contribution in [-0.2, 0) is 9.59 Å². The van der Waals surface area contributed by atoms with Crippen LogP contribution < -0.4 is 5.11 Å². The van der Waals surface area contributed by atoms with Gasteiger partial charge < -0.3 is 9.90 Å². The van der Waals surface area contributed by atoms with E-state index in [0.717, 1.165) is 0 Å². The molecule has 3 heteroatoms. The molecule has 0 saturated heterocycles. The summed E-state index contributed by atoms with van der Waals surface area (Å²) in [6.45, 7) is 6.34. The molecule has 12 heavy (non-hydrogen) atoms. The Morgan fingerprint density at radius 1 is 1.58 bits per heavy atom. The smallest absolute Gasteiger partial charge is 0.141 e. The van der Waals surface area contributed by atoms with E-state index in [9.17, 15) is 14.7 Å². The maximum atomic E-state index is 11.1. The molecule has 0 heterocycles. The lowest BCUT2D eigenvalue weighted by molar-refractivity contribution is -0.316. The summed E-state index contributed by atoms with van der Waals surface area (Å²) < 4.78 is 0. The van der Waals surface area contributed by atoms with Crippen molar-refractivity contribution in [2.24, 2.45) is 5.41 Å². The van der Waals surface area contributed by atoms with E-state index in [-0.39, 0.29) is 18.6 Å². The SMILES string of the molecule is C=CCC(CC)(C(C)=O)C(=O)[O-]. The standard InChI is InChI=1S/C9H14O3/c1-4-6-9(5-2,7(3)10)8(11)12/h4H,1,5-6H2,2-3H3,(H,11,12)/p-1. The van der Waals surface area contributed by atoms with Crippen LogP contribution in [0.5, 0.6) is 0 Å². The summed E-state index contributed by atoms with van der Waals surface area (Å²) in [4.78, 5) is 21.8. The van der Waals surface area contributed by atoms with Crippen molar-refractivity contribution in [3.8, 4) is 0 Å². The zero-order valence-corrected chi connectivity index (χ0v) is 7.42. The Labute approximate surface area is 72.1 Å². The van der Waals surface area contributed by atoms with Crippen LogP contribution in [0.2, 0.25) is 0 Å². The zero-order valence-electron chi connectivity index (χ0n) is 7.42. The van der Waals surface area contributed by atoms with Gasteiger partial charge in [0.2, 0.25) is 0 Å². The first-order valence-corrected chi connectivity index (χ1v) is 3.84. The molecule has 0 aliphatic rings. The van der Waals surface area contributed by atoms with E-state index in [0.29, 0.717) is 0 Å². The number of aliphatic carboxylic acids is 1. The van der Waals surface area contributed by atoms with Crippen LogP contribution in [-0.4, -0.2) is 11.8 Å². The Bertz CT molecular complexity index is 192. The van der Waals surface area contributed by atoms with Gasteiger partial charge in [-0.3, -0.25) is 4.79 Å². The molecule has 68 valence electrons. The average Bonchev–Trinajstić information content (AvgIpc) is 1.98. The highest BCUT2D eigenvalue weighted by molar-refractivity contribution is 6.01. The molecule has 1 atom stereocenters. The Morgan fingerprint density at radius 2 is 2.08 bits per heavy atom. The molecule has 0 bridgehead atoms. The first-order valence-electron chi connectivity index (χ1n) is 3.84. The van der Waals surface area contributed by atoms with Crippen molar-refractivity contribution >= 4 is 11.8 Å². The molecule has 1 unspecified atom stereocenters. The molecule has 0 spiro atoms. The number of ketones is 1. The molecule has 0 aliphatic carbocycles. The van der Waals surface area contributed by atoms with E-state index in [1.54, 1.807) is 6.92 Å². The Morgan fingerprint density at radius 3 is 2.17 bits per heavy atom. The summed E-state index contributed by atoms with van der Waals surface area (Å²) >= 11 is 0. The van der Waals surface area contributed by atoms with Gasteiger partial charge in [0.05, 0.1) is 11.4 Å². The molecule has 3 nitrogen and oxygen atoms in total. The van der Waals surface area contributed by atoms with Gasteiger partial charge in [-0.15, -0.1) is 6.58 Å². The fourth-order valence-corrected chi connectivity index (χ4v) is 1.15. The van der Waals surface area contributed by atoms with Crippen molar-refractivity contribution < 1.29 is 14.7 Å². The minimum Gasteiger partial charge on any atom is -0.549 e. The molecule has 0 aliphatic heterocycles. The molecule has 0 N–H and O–H groups in total. The van der Waals surface area contributed by atoms with Crippen LogP contribution in [0, 0.1) is 5.41 Å². The van der Waals surface area contributed by atoms with E-state index in [2.05, 4.69) is 6.58 Å². The first-order chi connectivity index (χ1) is 5.51. The van der Waals surface area contributed by atoms with Gasteiger partial charge in [0.1, 0.15) is 5.78 Å². The fourth-order valence-electron chi connectivity index (χ4n) is 1.15. The van der Waals surface area contributed by atoms with Crippen LogP contribution in [0.1, 0.15) is 26.7 Å². The third-order valence-electron chi connectivity index (χ3n) is 2.16. The highest BCUT2D eigenvalue weighted by Crippen LogP contribution is 2.27. The number of hydrogen-bond donors (Lipinski definition) is 0. The largest absolute Gasteiger partial charge is 0.549 e. The number of Topliss-reactive ketones (excluding diaryl/α,β-unsaturated/α-hetero) is 1. The zero-order chi connectivity index (χ0) is 9.78. The Hall–Kier alpha value is -1.12. The number of hydrogen-bond acceptors (Lipinski definition) is 3. The lowest BCUT2D eigenvalue weighted by Crippen LogP contribution is -2.46. The first kappa shape index (κ1) is 10.9. The second-order valence-corrected chi connectivity index (χ2v) is 2.77. The van der Waals surface area contributed by atoms with Crippen LogP contribution >= 0.6 is 0 Å². The minimum absolute atomic E-state index is 0.140. The summed E-state index contributed by atoms with van der Waals surface area (Å²) in [5.74, 6) is -1.68. The fraction of sp³-hybridized carbons (Fsp3) is 0.556. The van der Waals surface area contributed by atoms with Crippen molar-refractivity contribution in [2.45, 2.75) is 26.7 Å². The van der Waals surface area contributed by atoms with Crippen molar-refractivity contribution in [1.82, 2.24) is 0 Å². The van der Waals surface area contributed by atoms with Crippen LogP contribution in [0.25, 0.3) is 0 Å². The highest BCUT2D eigenvalue weighted by atomic mass is 16.4. The molecule has 0 saturated carbocycles. The van der Waals surface area contributed by atoms with Gasteiger partial charge in [-0.05, 0) is 19.8 Å². The van der Waals surface area contributed by atoms with Crippen molar-refractivity contribution in [3.05, 3.63) is 12.7 Å². The van der Waals surface area contributed by atoms with E-state index in [1.807, 2.05) is 0 Å². The third kappa shape index (κ3) is 1.72. The molecule has 0 fully saturated rings. The maximum Gasteiger partial charge on any atom is 0.141 e. The predicted molar refractivity (Wildman–Crippen MR) is 43.2 cm³/mol. The molecule has 0 radical (unpaired) electrons. The van der Waals surface area contributed by atoms with Gasteiger partial charge in [0, 0.05) is 0 Å².